The molecule has 13 nitrogen and oxygen atoms in total. The highest BCUT2D eigenvalue weighted by Crippen LogP contribution is 2.39. The van der Waals surface area contributed by atoms with Crippen LogP contribution in [0, 0.1) is 0 Å². The van der Waals surface area contributed by atoms with Crippen molar-refractivity contribution in [2.75, 3.05) is 57.0 Å². The minimum atomic E-state index is -1.07. The molecule has 1 aliphatic rings. The number of morpholine rings is 1. The maximum Gasteiger partial charge on any atom is 0.411 e. The van der Waals surface area contributed by atoms with Crippen molar-refractivity contribution >= 4 is 51.8 Å². The molecule has 13 heteroatoms. The standard InChI is InChI=1S/C34H42N4O9/c1-33(2,3)20-14-26(29(45-6)27(15-20)37-32(43)46-7)36-31(42)35-25-13-12-24(22-10-8-9-11-23(22)25)30(41)38-17-21(16-28(40)44-5)47-34(4,18-38)19-39/h8-15,21,39H,16-19H2,1-7H3,(H,37,43)(H2,35,36,42). The van der Waals surface area contributed by atoms with E-state index in [1.165, 1.54) is 21.3 Å². The van der Waals surface area contributed by atoms with Gasteiger partial charge in [-0.05, 0) is 47.6 Å². The molecule has 252 valence electrons. The number of anilines is 3. The van der Waals surface area contributed by atoms with Crippen LogP contribution >= 0.6 is 0 Å². The number of aliphatic hydroxyl groups excluding tert-OH is 1. The molecule has 1 aliphatic heterocycles. The third-order valence-corrected chi connectivity index (χ3v) is 7.88. The first-order valence-corrected chi connectivity index (χ1v) is 15.0. The lowest BCUT2D eigenvalue weighted by Crippen LogP contribution is -2.58. The number of carbonyl (C=O) groups excluding carboxylic acids is 4. The minimum Gasteiger partial charge on any atom is -0.492 e. The molecule has 1 fully saturated rings. The number of carbonyl (C=O) groups is 4. The number of methoxy groups -OCH3 is 3. The molecule has 1 heterocycles. The van der Waals surface area contributed by atoms with E-state index in [0.717, 1.165) is 5.56 Å². The van der Waals surface area contributed by atoms with E-state index in [-0.39, 0.29) is 43.2 Å². The zero-order valence-electron chi connectivity index (χ0n) is 27.7. The first-order chi connectivity index (χ1) is 22.2. The fourth-order valence-corrected chi connectivity index (χ4v) is 5.48. The fourth-order valence-electron chi connectivity index (χ4n) is 5.48. The highest BCUT2D eigenvalue weighted by molar-refractivity contribution is 6.13. The lowest BCUT2D eigenvalue weighted by Gasteiger charge is -2.43. The van der Waals surface area contributed by atoms with Gasteiger partial charge in [-0.3, -0.25) is 14.9 Å². The Morgan fingerprint density at radius 2 is 1.57 bits per heavy atom. The zero-order chi connectivity index (χ0) is 34.5. The van der Waals surface area contributed by atoms with E-state index in [1.54, 1.807) is 60.4 Å². The molecule has 2 unspecified atom stereocenters. The summed E-state index contributed by atoms with van der Waals surface area (Å²) in [6, 6.07) is 13.4. The van der Waals surface area contributed by atoms with E-state index < -0.39 is 29.8 Å². The van der Waals surface area contributed by atoms with Crippen LogP contribution < -0.4 is 20.7 Å². The van der Waals surface area contributed by atoms with Crippen LogP contribution in [0.4, 0.5) is 26.7 Å². The van der Waals surface area contributed by atoms with Crippen LogP contribution in [0.15, 0.2) is 48.5 Å². The molecule has 3 aromatic rings. The van der Waals surface area contributed by atoms with Crippen LogP contribution in [-0.2, 0) is 24.4 Å². The monoisotopic (exact) mass is 650 g/mol. The summed E-state index contributed by atoms with van der Waals surface area (Å²) in [5.74, 6) is -0.567. The summed E-state index contributed by atoms with van der Waals surface area (Å²) in [5.41, 5.74) is 0.883. The average molecular weight is 651 g/mol. The number of aliphatic hydroxyl groups is 1. The molecule has 0 aromatic heterocycles. The SMILES string of the molecule is COC(=O)CC1CN(C(=O)c2ccc(NC(=O)Nc3cc(C(C)(C)C)cc(NC(=O)OC)c3OC)c3ccccc23)CC(C)(CO)O1. The van der Waals surface area contributed by atoms with Gasteiger partial charge < -0.3 is 39.6 Å². The van der Waals surface area contributed by atoms with E-state index in [1.807, 2.05) is 20.8 Å². The number of ether oxygens (including phenoxy) is 4. The first kappa shape index (κ1) is 35.0. The summed E-state index contributed by atoms with van der Waals surface area (Å²) in [6.07, 6.45) is -1.42. The van der Waals surface area contributed by atoms with Crippen LogP contribution in [0.1, 0.15) is 50.0 Å². The third-order valence-electron chi connectivity index (χ3n) is 7.88. The van der Waals surface area contributed by atoms with Crippen molar-refractivity contribution < 1.29 is 43.2 Å². The number of amides is 4. The molecule has 3 aromatic carbocycles. The number of esters is 1. The highest BCUT2D eigenvalue weighted by atomic mass is 16.5. The largest absolute Gasteiger partial charge is 0.492 e. The van der Waals surface area contributed by atoms with Gasteiger partial charge in [0.05, 0.1) is 64.1 Å². The molecule has 4 N–H and O–H groups in total. The molecular weight excluding hydrogens is 608 g/mol. The van der Waals surface area contributed by atoms with E-state index >= 15 is 0 Å². The second kappa shape index (κ2) is 14.3. The predicted molar refractivity (Wildman–Crippen MR) is 177 cm³/mol. The topological polar surface area (TPSA) is 165 Å². The van der Waals surface area contributed by atoms with Crippen molar-refractivity contribution in [3.8, 4) is 5.75 Å². The molecule has 4 amide bonds. The van der Waals surface area contributed by atoms with Gasteiger partial charge in [0, 0.05) is 17.5 Å². The van der Waals surface area contributed by atoms with E-state index in [0.29, 0.717) is 33.4 Å². The van der Waals surface area contributed by atoms with Gasteiger partial charge in [0.1, 0.15) is 5.60 Å². The number of fused-ring (bicyclic) bond motifs is 1. The maximum atomic E-state index is 13.9. The average Bonchev–Trinajstić information content (AvgIpc) is 3.03. The van der Waals surface area contributed by atoms with Crippen molar-refractivity contribution in [3.05, 3.63) is 59.7 Å². The number of nitrogens with one attached hydrogen (secondary N) is 3. The minimum absolute atomic E-state index is 0.0712. The van der Waals surface area contributed by atoms with Crippen LogP contribution in [0.25, 0.3) is 10.8 Å². The van der Waals surface area contributed by atoms with E-state index in [4.69, 9.17) is 18.9 Å². The third kappa shape index (κ3) is 8.10. The Kier molecular flexibility index (Phi) is 10.6. The van der Waals surface area contributed by atoms with Gasteiger partial charge >= 0.3 is 18.1 Å². The van der Waals surface area contributed by atoms with Gasteiger partial charge in [0.2, 0.25) is 0 Å². The first-order valence-electron chi connectivity index (χ1n) is 15.0. The van der Waals surface area contributed by atoms with Crippen molar-refractivity contribution in [3.63, 3.8) is 0 Å². The maximum absolute atomic E-state index is 13.9. The molecule has 0 spiro atoms. The number of nitrogens with zero attached hydrogens (tertiary/aromatic N) is 1. The Hall–Kier alpha value is -4.88. The normalized spacial score (nSPS) is 17.9. The summed E-state index contributed by atoms with van der Waals surface area (Å²) in [4.78, 5) is 52.9. The van der Waals surface area contributed by atoms with Crippen molar-refractivity contribution in [1.82, 2.24) is 4.90 Å². The fraction of sp³-hybridized carbons (Fsp3) is 0.412. The summed E-state index contributed by atoms with van der Waals surface area (Å²) >= 11 is 0. The van der Waals surface area contributed by atoms with E-state index in [9.17, 15) is 24.3 Å². The van der Waals surface area contributed by atoms with Crippen molar-refractivity contribution in [1.29, 1.82) is 0 Å². The van der Waals surface area contributed by atoms with Crippen molar-refractivity contribution in [2.45, 2.75) is 51.2 Å². The molecule has 0 saturated carbocycles. The van der Waals surface area contributed by atoms with Crippen molar-refractivity contribution in [2.24, 2.45) is 0 Å². The Labute approximate surface area is 273 Å². The smallest absolute Gasteiger partial charge is 0.411 e. The molecule has 0 aliphatic carbocycles. The number of rotatable bonds is 8. The van der Waals surface area contributed by atoms with Gasteiger partial charge in [-0.1, -0.05) is 45.0 Å². The van der Waals surface area contributed by atoms with Gasteiger partial charge in [-0.2, -0.15) is 0 Å². The summed E-state index contributed by atoms with van der Waals surface area (Å²) in [6.45, 7) is 7.56. The van der Waals surface area contributed by atoms with Gasteiger partial charge in [0.15, 0.2) is 5.75 Å². The second-order valence-electron chi connectivity index (χ2n) is 12.6. The lowest BCUT2D eigenvalue weighted by molar-refractivity contribution is -0.169. The van der Waals surface area contributed by atoms with Gasteiger partial charge in [-0.15, -0.1) is 0 Å². The van der Waals surface area contributed by atoms with Gasteiger partial charge in [-0.25, -0.2) is 9.59 Å². The Balaban J connectivity index is 1.64. The molecular formula is C34H42N4O9. The molecule has 47 heavy (non-hydrogen) atoms. The van der Waals surface area contributed by atoms with Crippen LogP contribution in [-0.4, -0.2) is 86.7 Å². The van der Waals surface area contributed by atoms with E-state index in [2.05, 4.69) is 16.0 Å². The highest BCUT2D eigenvalue weighted by Gasteiger charge is 2.40. The van der Waals surface area contributed by atoms with Crippen LogP contribution in [0.3, 0.4) is 0 Å². The Morgan fingerprint density at radius 1 is 0.936 bits per heavy atom. The zero-order valence-corrected chi connectivity index (χ0v) is 27.7. The molecule has 0 radical (unpaired) electrons. The number of urea groups is 1. The Bertz CT molecular complexity index is 1670. The molecule has 2 atom stereocenters. The van der Waals surface area contributed by atoms with Crippen LogP contribution in [0.2, 0.25) is 0 Å². The molecule has 0 bridgehead atoms. The number of benzene rings is 3. The number of hydrogen-bond donors (Lipinski definition) is 4. The molecule has 4 rings (SSSR count). The van der Waals surface area contributed by atoms with Crippen LogP contribution in [0.5, 0.6) is 5.75 Å². The predicted octanol–water partition coefficient (Wildman–Crippen LogP) is 5.12. The summed E-state index contributed by atoms with van der Waals surface area (Å²) in [5, 5.41) is 19.6. The number of hydrogen-bond acceptors (Lipinski definition) is 9. The quantitative estimate of drug-likeness (QED) is 0.242. The Morgan fingerprint density at radius 3 is 2.17 bits per heavy atom. The summed E-state index contributed by atoms with van der Waals surface area (Å²) in [7, 11) is 3.96. The molecule has 1 saturated heterocycles. The lowest BCUT2D eigenvalue weighted by atomic mass is 9.86. The summed E-state index contributed by atoms with van der Waals surface area (Å²) < 4.78 is 21.1. The second-order valence-corrected chi connectivity index (χ2v) is 12.6. The van der Waals surface area contributed by atoms with Gasteiger partial charge in [0.25, 0.3) is 5.91 Å².